The second-order valence-electron chi connectivity index (χ2n) is 8.63. The number of aromatic carboxylic acids is 1. The van der Waals surface area contributed by atoms with E-state index in [0.717, 1.165) is 33.7 Å². The lowest BCUT2D eigenvalue weighted by Gasteiger charge is -2.30. The van der Waals surface area contributed by atoms with Crippen LogP contribution < -0.4 is 4.74 Å². The number of carbonyl (C=O) groups is 2. The largest absolute Gasteiger partial charge is 0.496 e. The fourth-order valence-corrected chi connectivity index (χ4v) is 5.77. The third-order valence-corrected chi connectivity index (χ3v) is 7.65. The number of nitriles is 1. The minimum atomic E-state index is -1.06. The maximum absolute atomic E-state index is 13.7. The molecule has 2 aromatic heterocycles. The zero-order chi connectivity index (χ0) is 23.3. The number of nitrogens with zero attached hydrogens (tertiary/aromatic N) is 3. The molecule has 5 rings (SSSR count). The van der Waals surface area contributed by atoms with E-state index in [2.05, 4.69) is 6.07 Å². The van der Waals surface area contributed by atoms with Gasteiger partial charge in [0.25, 0.3) is 5.91 Å². The van der Waals surface area contributed by atoms with E-state index in [1.165, 1.54) is 7.11 Å². The first-order chi connectivity index (χ1) is 15.9. The second-order valence-corrected chi connectivity index (χ2v) is 9.58. The SMILES string of the molecule is COc1cc2c(cc1C(=O)O)-c1c(-c3cccs3)cc(C(=O)N3CCC[C@]3(C)C#N)n1CC2. The van der Waals surface area contributed by atoms with Gasteiger partial charge in [-0.25, -0.2) is 4.79 Å². The Kier molecular flexibility index (Phi) is 5.02. The number of aryl methyl sites for hydroxylation is 1. The molecular formula is C25H23N3O4S. The highest BCUT2D eigenvalue weighted by molar-refractivity contribution is 7.13. The summed E-state index contributed by atoms with van der Waals surface area (Å²) in [6.45, 7) is 2.95. The van der Waals surface area contributed by atoms with Gasteiger partial charge in [0, 0.05) is 29.1 Å². The van der Waals surface area contributed by atoms with Crippen LogP contribution in [0.2, 0.25) is 0 Å². The van der Waals surface area contributed by atoms with Crippen LogP contribution in [0.3, 0.4) is 0 Å². The number of aromatic nitrogens is 1. The second kappa shape index (κ2) is 7.78. The lowest BCUT2D eigenvalue weighted by Crippen LogP contribution is -2.44. The van der Waals surface area contributed by atoms with E-state index in [0.29, 0.717) is 37.4 Å². The molecule has 8 heteroatoms. The Labute approximate surface area is 195 Å². The Bertz CT molecular complexity index is 1320. The van der Waals surface area contributed by atoms with Crippen LogP contribution in [0.25, 0.3) is 21.7 Å². The number of carboxylic acid groups (broad SMARTS) is 1. The third kappa shape index (κ3) is 3.23. The summed E-state index contributed by atoms with van der Waals surface area (Å²) in [6, 6.07) is 11.6. The molecule has 0 aliphatic carbocycles. The van der Waals surface area contributed by atoms with Crippen molar-refractivity contribution in [2.45, 2.75) is 38.3 Å². The fraction of sp³-hybridized carbons (Fsp3) is 0.320. The molecule has 0 spiro atoms. The number of methoxy groups -OCH3 is 1. The van der Waals surface area contributed by atoms with E-state index in [1.54, 1.807) is 28.4 Å². The maximum atomic E-state index is 13.7. The van der Waals surface area contributed by atoms with Crippen molar-refractivity contribution >= 4 is 23.2 Å². The van der Waals surface area contributed by atoms with Crippen molar-refractivity contribution in [3.63, 3.8) is 0 Å². The van der Waals surface area contributed by atoms with E-state index in [1.807, 2.05) is 35.1 Å². The molecule has 1 amide bonds. The van der Waals surface area contributed by atoms with Crippen LogP contribution in [-0.2, 0) is 13.0 Å². The summed E-state index contributed by atoms with van der Waals surface area (Å²) in [4.78, 5) is 28.3. The molecule has 4 heterocycles. The Balaban J connectivity index is 1.73. The number of hydrogen-bond acceptors (Lipinski definition) is 5. The highest BCUT2D eigenvalue weighted by Crippen LogP contribution is 2.44. The number of fused-ring (bicyclic) bond motifs is 3. The van der Waals surface area contributed by atoms with Gasteiger partial charge in [0.05, 0.1) is 18.9 Å². The summed E-state index contributed by atoms with van der Waals surface area (Å²) in [6.07, 6.45) is 2.10. The van der Waals surface area contributed by atoms with E-state index >= 15 is 0 Å². The van der Waals surface area contributed by atoms with Gasteiger partial charge < -0.3 is 19.3 Å². The van der Waals surface area contributed by atoms with E-state index < -0.39 is 11.5 Å². The first kappa shape index (κ1) is 21.3. The monoisotopic (exact) mass is 461 g/mol. The van der Waals surface area contributed by atoms with Gasteiger partial charge in [0.1, 0.15) is 22.5 Å². The van der Waals surface area contributed by atoms with Crippen molar-refractivity contribution in [3.8, 4) is 33.5 Å². The van der Waals surface area contributed by atoms with Crippen LogP contribution in [0, 0.1) is 11.3 Å². The average Bonchev–Trinajstić information content (AvgIpc) is 3.56. The van der Waals surface area contributed by atoms with E-state index in [-0.39, 0.29) is 11.5 Å². The topological polar surface area (TPSA) is 95.6 Å². The molecule has 33 heavy (non-hydrogen) atoms. The van der Waals surface area contributed by atoms with Gasteiger partial charge in [0.2, 0.25) is 0 Å². The molecule has 1 N–H and O–H groups in total. The number of rotatable bonds is 4. The molecule has 0 radical (unpaired) electrons. The summed E-state index contributed by atoms with van der Waals surface area (Å²) in [7, 11) is 1.47. The lowest BCUT2D eigenvalue weighted by molar-refractivity contribution is 0.0675. The van der Waals surface area contributed by atoms with Gasteiger partial charge >= 0.3 is 5.97 Å². The summed E-state index contributed by atoms with van der Waals surface area (Å²) < 4.78 is 7.33. The number of hydrogen-bond donors (Lipinski definition) is 1. The lowest BCUT2D eigenvalue weighted by atomic mass is 9.93. The van der Waals surface area contributed by atoms with Crippen molar-refractivity contribution in [3.05, 3.63) is 52.5 Å². The minimum Gasteiger partial charge on any atom is -0.496 e. The number of ether oxygens (including phenoxy) is 1. The fourth-order valence-electron chi connectivity index (χ4n) is 5.03. The number of thiophene rings is 1. The number of carbonyl (C=O) groups excluding carboxylic acids is 1. The van der Waals surface area contributed by atoms with Crippen LogP contribution in [-0.4, -0.2) is 45.6 Å². The Morgan fingerprint density at radius 2 is 2.06 bits per heavy atom. The predicted molar refractivity (Wildman–Crippen MR) is 125 cm³/mol. The number of amides is 1. The zero-order valence-electron chi connectivity index (χ0n) is 18.4. The molecule has 2 aliphatic heterocycles. The van der Waals surface area contributed by atoms with Gasteiger partial charge in [-0.15, -0.1) is 11.3 Å². The summed E-state index contributed by atoms with van der Waals surface area (Å²) in [5.74, 6) is -0.887. The molecule has 0 unspecified atom stereocenters. The standard InChI is InChI=1S/C25H23N3O4S/c1-25(14-26)7-4-8-28(25)23(29)19-13-18(21-5-3-10-33-21)22-16-12-17(24(30)31)20(32-2)11-15(16)6-9-27(19)22/h3,5,10-13H,4,6-9H2,1-2H3,(H,30,31)/t25-/m1/s1. The minimum absolute atomic E-state index is 0.0903. The highest BCUT2D eigenvalue weighted by atomic mass is 32.1. The van der Waals surface area contributed by atoms with Gasteiger partial charge in [-0.05, 0) is 61.4 Å². The molecule has 0 saturated carbocycles. The van der Waals surface area contributed by atoms with E-state index in [4.69, 9.17) is 4.74 Å². The molecule has 1 aromatic carbocycles. The first-order valence-electron chi connectivity index (χ1n) is 10.8. The van der Waals surface area contributed by atoms with Gasteiger partial charge in [-0.1, -0.05) is 6.07 Å². The molecular weight excluding hydrogens is 438 g/mol. The first-order valence-corrected chi connectivity index (χ1v) is 11.7. The Morgan fingerprint density at radius 1 is 1.24 bits per heavy atom. The molecule has 1 atom stereocenters. The van der Waals surface area contributed by atoms with Crippen molar-refractivity contribution < 1.29 is 19.4 Å². The molecule has 1 fully saturated rings. The Morgan fingerprint density at radius 3 is 2.73 bits per heavy atom. The van der Waals surface area contributed by atoms with Crippen molar-refractivity contribution in [1.29, 1.82) is 5.26 Å². The summed E-state index contributed by atoms with van der Waals surface area (Å²) in [5.41, 5.74) is 3.33. The van der Waals surface area contributed by atoms with Crippen LogP contribution in [0.5, 0.6) is 5.75 Å². The third-order valence-electron chi connectivity index (χ3n) is 6.75. The number of benzene rings is 1. The molecule has 7 nitrogen and oxygen atoms in total. The molecule has 2 aliphatic rings. The van der Waals surface area contributed by atoms with Crippen molar-refractivity contribution in [2.75, 3.05) is 13.7 Å². The summed E-state index contributed by atoms with van der Waals surface area (Å²) in [5, 5.41) is 21.5. The van der Waals surface area contributed by atoms with Crippen LogP contribution in [0.4, 0.5) is 0 Å². The van der Waals surface area contributed by atoms with Crippen LogP contribution >= 0.6 is 11.3 Å². The quantitative estimate of drug-likeness (QED) is 0.609. The van der Waals surface area contributed by atoms with Crippen LogP contribution in [0.15, 0.2) is 35.7 Å². The van der Waals surface area contributed by atoms with Crippen molar-refractivity contribution in [1.82, 2.24) is 9.47 Å². The van der Waals surface area contributed by atoms with E-state index in [9.17, 15) is 20.0 Å². The summed E-state index contributed by atoms with van der Waals surface area (Å²) >= 11 is 1.57. The molecule has 0 bridgehead atoms. The molecule has 168 valence electrons. The maximum Gasteiger partial charge on any atom is 0.339 e. The van der Waals surface area contributed by atoms with Gasteiger partial charge in [-0.2, -0.15) is 5.26 Å². The zero-order valence-corrected chi connectivity index (χ0v) is 19.2. The number of likely N-dealkylation sites (tertiary alicyclic amines) is 1. The van der Waals surface area contributed by atoms with Gasteiger partial charge in [0.15, 0.2) is 0 Å². The Hall–Kier alpha value is -3.57. The highest BCUT2D eigenvalue weighted by Gasteiger charge is 2.42. The molecule has 1 saturated heterocycles. The smallest absolute Gasteiger partial charge is 0.339 e. The van der Waals surface area contributed by atoms with Crippen molar-refractivity contribution in [2.24, 2.45) is 0 Å². The average molecular weight is 462 g/mol. The molecule has 3 aromatic rings. The normalized spacial score (nSPS) is 19.0. The predicted octanol–water partition coefficient (Wildman–Crippen LogP) is 4.66. The van der Waals surface area contributed by atoms with Crippen LogP contribution in [0.1, 0.15) is 46.2 Å². The van der Waals surface area contributed by atoms with Gasteiger partial charge in [-0.3, -0.25) is 4.79 Å². The number of carboxylic acids is 1.